The van der Waals surface area contributed by atoms with E-state index in [1.807, 2.05) is 0 Å². The lowest BCUT2D eigenvalue weighted by molar-refractivity contribution is -0.167. The number of likely N-dealkylation sites (N-methyl/N-ethyl adjacent to an activating group) is 1. The molecule has 0 atom stereocenters. The van der Waals surface area contributed by atoms with Crippen LogP contribution >= 0.6 is 15.9 Å². The number of nitrogens with zero attached hydrogens (tertiary/aromatic N) is 1. The Kier molecular flexibility index (Phi) is 4.23. The normalized spacial score (nSPS) is 10.1. The molecule has 0 aliphatic carbocycles. The van der Waals surface area contributed by atoms with Gasteiger partial charge in [0.2, 0.25) is 5.91 Å². The van der Waals surface area contributed by atoms with Crippen LogP contribution in [0, 0.1) is 5.82 Å². The lowest BCUT2D eigenvalue weighted by atomic mass is 10.1. The minimum atomic E-state index is -0.375. The average Bonchev–Trinajstić information content (AvgIpc) is 2.23. The third-order valence-corrected chi connectivity index (χ3v) is 2.89. The van der Waals surface area contributed by atoms with E-state index >= 15 is 0 Å². The molecule has 0 aromatic heterocycles. The molecule has 82 valence electrons. The number of hydrogen-bond acceptors (Lipinski definition) is 2. The average molecular weight is 276 g/mol. The summed E-state index contributed by atoms with van der Waals surface area (Å²) in [7, 11) is 2.91. The van der Waals surface area contributed by atoms with Crippen LogP contribution in [-0.4, -0.2) is 25.1 Å². The molecular weight excluding hydrogens is 265 g/mol. The highest BCUT2D eigenvalue weighted by molar-refractivity contribution is 9.10. The van der Waals surface area contributed by atoms with Crippen LogP contribution in [0.1, 0.15) is 5.56 Å². The van der Waals surface area contributed by atoms with Gasteiger partial charge in [-0.2, -0.15) is 0 Å². The van der Waals surface area contributed by atoms with E-state index in [0.29, 0.717) is 10.0 Å². The predicted octanol–water partition coefficient (Wildman–Crippen LogP) is 2.15. The first-order chi connectivity index (χ1) is 7.06. The van der Waals surface area contributed by atoms with Crippen molar-refractivity contribution >= 4 is 21.8 Å². The molecule has 15 heavy (non-hydrogen) atoms. The van der Waals surface area contributed by atoms with Crippen molar-refractivity contribution in [3.63, 3.8) is 0 Å². The molecule has 5 heteroatoms. The highest BCUT2D eigenvalue weighted by Gasteiger charge is 2.12. The van der Waals surface area contributed by atoms with Crippen LogP contribution in [0.2, 0.25) is 0 Å². The Morgan fingerprint density at radius 1 is 1.60 bits per heavy atom. The number of amides is 1. The molecule has 0 bridgehead atoms. The van der Waals surface area contributed by atoms with Crippen LogP contribution < -0.4 is 0 Å². The van der Waals surface area contributed by atoms with Crippen LogP contribution in [0.15, 0.2) is 22.7 Å². The van der Waals surface area contributed by atoms with E-state index in [9.17, 15) is 9.18 Å². The summed E-state index contributed by atoms with van der Waals surface area (Å²) in [5.74, 6) is -0.607. The summed E-state index contributed by atoms with van der Waals surface area (Å²) in [6.07, 6.45) is 0.0999. The van der Waals surface area contributed by atoms with Crippen molar-refractivity contribution in [1.82, 2.24) is 5.06 Å². The van der Waals surface area contributed by atoms with Crippen LogP contribution in [0.4, 0.5) is 4.39 Å². The zero-order valence-corrected chi connectivity index (χ0v) is 10.0. The van der Waals surface area contributed by atoms with Crippen molar-refractivity contribution in [3.8, 4) is 0 Å². The summed E-state index contributed by atoms with van der Waals surface area (Å²) >= 11 is 3.09. The van der Waals surface area contributed by atoms with Crippen LogP contribution in [0.3, 0.4) is 0 Å². The Morgan fingerprint density at radius 3 is 2.87 bits per heavy atom. The lowest BCUT2D eigenvalue weighted by Gasteiger charge is -2.14. The zero-order valence-electron chi connectivity index (χ0n) is 8.46. The quantitative estimate of drug-likeness (QED) is 0.792. The van der Waals surface area contributed by atoms with Gasteiger partial charge >= 0.3 is 0 Å². The molecule has 0 aliphatic rings. The first-order valence-corrected chi connectivity index (χ1v) is 5.09. The second kappa shape index (κ2) is 5.23. The van der Waals surface area contributed by atoms with Crippen molar-refractivity contribution in [2.24, 2.45) is 0 Å². The molecule has 0 heterocycles. The fourth-order valence-electron chi connectivity index (χ4n) is 1.06. The summed E-state index contributed by atoms with van der Waals surface area (Å²) in [6, 6.07) is 4.59. The molecule has 0 saturated heterocycles. The van der Waals surface area contributed by atoms with Gasteiger partial charge in [0.05, 0.1) is 18.0 Å². The van der Waals surface area contributed by atoms with Crippen molar-refractivity contribution in [2.75, 3.05) is 14.2 Å². The number of carbonyl (C=O) groups excluding carboxylic acids is 1. The van der Waals surface area contributed by atoms with E-state index in [-0.39, 0.29) is 18.1 Å². The maximum atomic E-state index is 13.1. The molecule has 3 nitrogen and oxygen atoms in total. The molecular formula is C10H11BrFNO2. The van der Waals surface area contributed by atoms with Gasteiger partial charge in [0, 0.05) is 7.05 Å². The van der Waals surface area contributed by atoms with Gasteiger partial charge in [0.25, 0.3) is 0 Å². The first-order valence-electron chi connectivity index (χ1n) is 4.29. The van der Waals surface area contributed by atoms with E-state index in [1.54, 1.807) is 12.1 Å². The second-order valence-corrected chi connectivity index (χ2v) is 3.76. The van der Waals surface area contributed by atoms with Gasteiger partial charge < -0.3 is 0 Å². The number of benzene rings is 1. The second-order valence-electron chi connectivity index (χ2n) is 2.96. The van der Waals surface area contributed by atoms with Crippen molar-refractivity contribution < 1.29 is 14.0 Å². The summed E-state index contributed by atoms with van der Waals surface area (Å²) in [6.45, 7) is 0. The minimum absolute atomic E-state index is 0.0999. The molecule has 0 aliphatic heterocycles. The topological polar surface area (TPSA) is 29.5 Å². The van der Waals surface area contributed by atoms with E-state index in [4.69, 9.17) is 4.84 Å². The maximum absolute atomic E-state index is 13.1. The van der Waals surface area contributed by atoms with E-state index in [0.717, 1.165) is 5.06 Å². The molecule has 1 aromatic rings. The Hall–Kier alpha value is -0.940. The maximum Gasteiger partial charge on any atom is 0.250 e. The molecule has 0 radical (unpaired) electrons. The highest BCUT2D eigenvalue weighted by Crippen LogP contribution is 2.21. The molecule has 0 unspecified atom stereocenters. The predicted molar refractivity (Wildman–Crippen MR) is 57.6 cm³/mol. The number of carbonyl (C=O) groups is 1. The number of hydroxylamine groups is 2. The smallest absolute Gasteiger partial charge is 0.250 e. The number of rotatable bonds is 3. The summed E-state index contributed by atoms with van der Waals surface area (Å²) in [5.41, 5.74) is 0.601. The Balaban J connectivity index is 2.81. The fraction of sp³-hybridized carbons (Fsp3) is 0.300. The summed E-state index contributed by atoms with van der Waals surface area (Å²) in [4.78, 5) is 16.2. The monoisotopic (exact) mass is 275 g/mol. The highest BCUT2D eigenvalue weighted by atomic mass is 79.9. The van der Waals surface area contributed by atoms with E-state index in [2.05, 4.69) is 15.9 Å². The molecule has 1 aromatic carbocycles. The van der Waals surface area contributed by atoms with E-state index in [1.165, 1.54) is 20.2 Å². The standard InChI is InChI=1S/C10H11BrFNO2/c1-13(15-2)9(14)6-7-4-3-5-8(12)10(7)11/h3-5H,6H2,1-2H3. The molecule has 0 saturated carbocycles. The summed E-state index contributed by atoms with van der Waals surface area (Å²) in [5, 5.41) is 1.11. The largest absolute Gasteiger partial charge is 0.275 e. The molecule has 0 N–H and O–H groups in total. The van der Waals surface area contributed by atoms with E-state index < -0.39 is 0 Å². The van der Waals surface area contributed by atoms with Gasteiger partial charge in [-0.25, -0.2) is 9.45 Å². The molecule has 1 amide bonds. The zero-order chi connectivity index (χ0) is 11.4. The van der Waals surface area contributed by atoms with Gasteiger partial charge in [0.15, 0.2) is 0 Å². The SMILES string of the molecule is CON(C)C(=O)Cc1cccc(F)c1Br. The summed E-state index contributed by atoms with van der Waals surface area (Å²) < 4.78 is 13.4. The number of hydrogen-bond donors (Lipinski definition) is 0. The van der Waals surface area contributed by atoms with Gasteiger partial charge in [-0.1, -0.05) is 12.1 Å². The Morgan fingerprint density at radius 2 is 2.27 bits per heavy atom. The third-order valence-electron chi connectivity index (χ3n) is 2.00. The molecule has 0 spiro atoms. The van der Waals surface area contributed by atoms with Gasteiger partial charge in [-0.15, -0.1) is 0 Å². The Bertz CT molecular complexity index is 370. The number of halogens is 2. The van der Waals surface area contributed by atoms with Gasteiger partial charge in [-0.05, 0) is 27.6 Å². The first kappa shape index (κ1) is 12.1. The van der Waals surface area contributed by atoms with Crippen molar-refractivity contribution in [1.29, 1.82) is 0 Å². The van der Waals surface area contributed by atoms with Gasteiger partial charge in [-0.3, -0.25) is 9.63 Å². The van der Waals surface area contributed by atoms with Gasteiger partial charge in [0.1, 0.15) is 5.82 Å². The van der Waals surface area contributed by atoms with Crippen LogP contribution in [0.5, 0.6) is 0 Å². The lowest BCUT2D eigenvalue weighted by Crippen LogP contribution is -2.27. The van der Waals surface area contributed by atoms with Crippen LogP contribution in [-0.2, 0) is 16.1 Å². The Labute approximate surface area is 95.9 Å². The fourth-order valence-corrected chi connectivity index (χ4v) is 1.47. The van der Waals surface area contributed by atoms with Crippen molar-refractivity contribution in [3.05, 3.63) is 34.1 Å². The third kappa shape index (κ3) is 3.00. The van der Waals surface area contributed by atoms with Crippen LogP contribution in [0.25, 0.3) is 0 Å². The van der Waals surface area contributed by atoms with Crippen molar-refractivity contribution in [2.45, 2.75) is 6.42 Å². The molecule has 0 fully saturated rings. The minimum Gasteiger partial charge on any atom is -0.275 e. The molecule has 1 rings (SSSR count).